The van der Waals surface area contributed by atoms with Gasteiger partial charge in [0.2, 0.25) is 11.0 Å². The molecule has 0 radical (unpaired) electrons. The van der Waals surface area contributed by atoms with Crippen molar-refractivity contribution in [2.24, 2.45) is 0 Å². The first kappa shape index (κ1) is 16.0. The molecule has 2 aromatic rings. The van der Waals surface area contributed by atoms with Crippen LogP contribution in [0.4, 0.5) is 5.13 Å². The van der Waals surface area contributed by atoms with Crippen molar-refractivity contribution in [3.8, 4) is 0 Å². The molecule has 2 fully saturated rings. The minimum absolute atomic E-state index is 0.164. The van der Waals surface area contributed by atoms with Gasteiger partial charge in [-0.05, 0) is 26.7 Å². The van der Waals surface area contributed by atoms with Crippen LogP contribution in [0.5, 0.6) is 0 Å². The molecule has 2 aromatic heterocycles. The van der Waals surface area contributed by atoms with E-state index in [1.807, 2.05) is 6.92 Å². The van der Waals surface area contributed by atoms with Gasteiger partial charge in [-0.25, -0.2) is 4.98 Å². The third-order valence-electron chi connectivity index (χ3n) is 5.18. The van der Waals surface area contributed by atoms with Crippen LogP contribution in [0.1, 0.15) is 62.1 Å². The molecule has 0 aromatic carbocycles. The first-order chi connectivity index (χ1) is 11.7. The topological polar surface area (TPSA) is 71.2 Å². The van der Waals surface area contributed by atoms with Gasteiger partial charge in [0.05, 0.1) is 6.04 Å². The Morgan fingerprint density at radius 2 is 1.88 bits per heavy atom. The number of aromatic nitrogens is 4. The summed E-state index contributed by atoms with van der Waals surface area (Å²) in [5.41, 5.74) is 0. The standard InChI is InChI=1S/C16H24N6OS/c1-11(15-17-12(2)19-23-15)21-7-9-22(10-8-21)16-18-14(20-24-16)13-5-3-4-6-13/h11,13H,3-10H2,1-2H3. The van der Waals surface area contributed by atoms with Gasteiger partial charge in [-0.3, -0.25) is 4.90 Å². The fourth-order valence-electron chi connectivity index (χ4n) is 3.64. The summed E-state index contributed by atoms with van der Waals surface area (Å²) in [6, 6.07) is 0.164. The van der Waals surface area contributed by atoms with Crippen LogP contribution >= 0.6 is 11.5 Å². The van der Waals surface area contributed by atoms with Crippen molar-refractivity contribution in [3.05, 3.63) is 17.5 Å². The van der Waals surface area contributed by atoms with Crippen LogP contribution in [0.3, 0.4) is 0 Å². The Hall–Kier alpha value is -1.54. The summed E-state index contributed by atoms with van der Waals surface area (Å²) in [6.45, 7) is 7.87. The van der Waals surface area contributed by atoms with Gasteiger partial charge in [0.25, 0.3) is 0 Å². The van der Waals surface area contributed by atoms with Crippen LogP contribution in [0.2, 0.25) is 0 Å². The summed E-state index contributed by atoms with van der Waals surface area (Å²) in [6.07, 6.45) is 5.16. The van der Waals surface area contributed by atoms with Gasteiger partial charge >= 0.3 is 0 Å². The molecule has 1 aliphatic heterocycles. The van der Waals surface area contributed by atoms with Gasteiger partial charge in [-0.2, -0.15) is 9.36 Å². The van der Waals surface area contributed by atoms with Crippen molar-refractivity contribution in [2.75, 3.05) is 31.1 Å². The fraction of sp³-hybridized carbons (Fsp3) is 0.750. The molecule has 24 heavy (non-hydrogen) atoms. The van der Waals surface area contributed by atoms with Crippen LogP contribution in [-0.4, -0.2) is 50.6 Å². The second-order valence-electron chi connectivity index (χ2n) is 6.80. The molecule has 7 nitrogen and oxygen atoms in total. The molecule has 0 bridgehead atoms. The first-order valence-corrected chi connectivity index (χ1v) is 9.61. The smallest absolute Gasteiger partial charge is 0.243 e. The quantitative estimate of drug-likeness (QED) is 0.841. The molecule has 8 heteroatoms. The van der Waals surface area contributed by atoms with Crippen LogP contribution in [0, 0.1) is 6.92 Å². The van der Waals surface area contributed by atoms with E-state index in [0.29, 0.717) is 17.6 Å². The van der Waals surface area contributed by atoms with Crippen LogP contribution in [-0.2, 0) is 0 Å². The molecule has 1 saturated heterocycles. The number of hydrogen-bond acceptors (Lipinski definition) is 8. The molecular weight excluding hydrogens is 324 g/mol. The van der Waals surface area contributed by atoms with Gasteiger partial charge in [-0.15, -0.1) is 0 Å². The van der Waals surface area contributed by atoms with E-state index in [4.69, 9.17) is 9.51 Å². The fourth-order valence-corrected chi connectivity index (χ4v) is 4.44. The zero-order chi connectivity index (χ0) is 16.5. The molecule has 1 saturated carbocycles. The maximum atomic E-state index is 5.31. The van der Waals surface area contributed by atoms with E-state index in [2.05, 4.69) is 31.2 Å². The van der Waals surface area contributed by atoms with E-state index in [1.165, 1.54) is 25.7 Å². The van der Waals surface area contributed by atoms with Crippen molar-refractivity contribution in [2.45, 2.75) is 51.5 Å². The monoisotopic (exact) mass is 348 g/mol. The lowest BCUT2D eigenvalue weighted by Crippen LogP contribution is -2.47. The molecule has 0 spiro atoms. The molecule has 1 atom stereocenters. The van der Waals surface area contributed by atoms with Gasteiger partial charge in [0, 0.05) is 43.6 Å². The Morgan fingerprint density at radius 1 is 1.12 bits per heavy atom. The van der Waals surface area contributed by atoms with E-state index in [1.54, 1.807) is 11.5 Å². The molecule has 4 rings (SSSR count). The number of nitrogens with zero attached hydrogens (tertiary/aromatic N) is 6. The highest BCUT2D eigenvalue weighted by atomic mass is 32.1. The minimum Gasteiger partial charge on any atom is -0.344 e. The van der Waals surface area contributed by atoms with Gasteiger partial charge in [0.15, 0.2) is 5.82 Å². The average molecular weight is 348 g/mol. The number of piperazine rings is 1. The summed E-state index contributed by atoms with van der Waals surface area (Å²) in [5.74, 6) is 3.07. The third-order valence-corrected chi connectivity index (χ3v) is 5.98. The van der Waals surface area contributed by atoms with Crippen molar-refractivity contribution >= 4 is 16.7 Å². The van der Waals surface area contributed by atoms with Gasteiger partial charge in [-0.1, -0.05) is 18.0 Å². The summed E-state index contributed by atoms with van der Waals surface area (Å²) >= 11 is 1.56. The van der Waals surface area contributed by atoms with E-state index in [9.17, 15) is 0 Å². The number of aryl methyl sites for hydroxylation is 1. The lowest BCUT2D eigenvalue weighted by Gasteiger charge is -2.36. The van der Waals surface area contributed by atoms with E-state index < -0.39 is 0 Å². The normalized spacial score (nSPS) is 21.5. The Morgan fingerprint density at radius 3 is 2.54 bits per heavy atom. The second-order valence-corrected chi connectivity index (χ2v) is 7.53. The van der Waals surface area contributed by atoms with E-state index in [-0.39, 0.29) is 6.04 Å². The number of hydrogen-bond donors (Lipinski definition) is 0. The number of anilines is 1. The highest BCUT2D eigenvalue weighted by molar-refractivity contribution is 7.09. The second kappa shape index (κ2) is 6.76. The van der Waals surface area contributed by atoms with Crippen molar-refractivity contribution in [1.29, 1.82) is 0 Å². The Kier molecular flexibility index (Phi) is 4.49. The van der Waals surface area contributed by atoms with Crippen LogP contribution < -0.4 is 4.90 Å². The molecule has 0 N–H and O–H groups in total. The maximum Gasteiger partial charge on any atom is 0.243 e. The molecule has 3 heterocycles. The SMILES string of the molecule is Cc1noc(C(C)N2CCN(c3nc(C4CCCC4)ns3)CC2)n1. The largest absolute Gasteiger partial charge is 0.344 e. The molecule has 0 amide bonds. The lowest BCUT2D eigenvalue weighted by atomic mass is 10.1. The number of rotatable bonds is 4. The van der Waals surface area contributed by atoms with Crippen LogP contribution in [0.15, 0.2) is 4.52 Å². The summed E-state index contributed by atoms with van der Waals surface area (Å²) in [5, 5.41) is 4.98. The zero-order valence-electron chi connectivity index (χ0n) is 14.3. The van der Waals surface area contributed by atoms with Crippen molar-refractivity contribution in [1.82, 2.24) is 24.4 Å². The van der Waals surface area contributed by atoms with E-state index in [0.717, 1.165) is 37.1 Å². The van der Waals surface area contributed by atoms with E-state index >= 15 is 0 Å². The Bertz CT molecular complexity index is 672. The predicted molar refractivity (Wildman–Crippen MR) is 92.4 cm³/mol. The summed E-state index contributed by atoms with van der Waals surface area (Å²) < 4.78 is 9.93. The van der Waals surface area contributed by atoms with Crippen molar-refractivity contribution in [3.63, 3.8) is 0 Å². The lowest BCUT2D eigenvalue weighted by molar-refractivity contribution is 0.164. The minimum atomic E-state index is 0.164. The predicted octanol–water partition coefficient (Wildman–Crippen LogP) is 2.77. The van der Waals surface area contributed by atoms with Crippen molar-refractivity contribution < 1.29 is 4.52 Å². The van der Waals surface area contributed by atoms with Crippen LogP contribution in [0.25, 0.3) is 0 Å². The first-order valence-electron chi connectivity index (χ1n) is 8.83. The molecule has 130 valence electrons. The Balaban J connectivity index is 1.35. The van der Waals surface area contributed by atoms with Gasteiger partial charge < -0.3 is 9.42 Å². The molecule has 2 aliphatic rings. The summed E-state index contributed by atoms with van der Waals surface area (Å²) in [7, 11) is 0. The Labute approximate surface area is 146 Å². The summed E-state index contributed by atoms with van der Waals surface area (Å²) in [4.78, 5) is 13.9. The maximum absolute atomic E-state index is 5.31. The highest BCUT2D eigenvalue weighted by Crippen LogP contribution is 2.34. The molecular formula is C16H24N6OS. The van der Waals surface area contributed by atoms with Gasteiger partial charge in [0.1, 0.15) is 5.82 Å². The third kappa shape index (κ3) is 3.17. The highest BCUT2D eigenvalue weighted by Gasteiger charge is 2.28. The zero-order valence-corrected chi connectivity index (χ0v) is 15.1. The molecule has 1 aliphatic carbocycles. The average Bonchev–Trinajstić information content (AvgIpc) is 3.35. The molecule has 1 unspecified atom stereocenters.